The number of nitriles is 1. The Balaban J connectivity index is 2.16. The molecule has 1 aromatic heterocycles. The molecule has 0 bridgehead atoms. The Hall–Kier alpha value is -3.65. The first-order valence-corrected chi connectivity index (χ1v) is 8.18. The number of aryl methyl sites for hydroxylation is 1. The second-order valence-corrected chi connectivity index (χ2v) is 5.83. The van der Waals surface area contributed by atoms with Gasteiger partial charge in [0.25, 0.3) is 5.91 Å². The number of hydrogen-bond acceptors (Lipinski definition) is 3. The minimum absolute atomic E-state index is 0.0356. The molecule has 0 aliphatic heterocycles. The van der Waals surface area contributed by atoms with Crippen LogP contribution >= 0.6 is 0 Å². The van der Waals surface area contributed by atoms with E-state index in [1.54, 1.807) is 10.8 Å². The molecule has 5 heteroatoms. The minimum Gasteiger partial charge on any atom is -0.354 e. The molecule has 0 unspecified atom stereocenters. The number of rotatable bonds is 4. The third-order valence-corrected chi connectivity index (χ3v) is 3.98. The fourth-order valence-corrected chi connectivity index (χ4v) is 2.58. The van der Waals surface area contributed by atoms with Gasteiger partial charge in [-0.15, -0.1) is 0 Å². The third-order valence-electron chi connectivity index (χ3n) is 3.98. The van der Waals surface area contributed by atoms with Crippen molar-refractivity contribution in [1.82, 2.24) is 15.1 Å². The van der Waals surface area contributed by atoms with E-state index in [0.29, 0.717) is 11.3 Å². The maximum Gasteiger partial charge on any atom is 0.261 e. The van der Waals surface area contributed by atoms with Gasteiger partial charge in [0.15, 0.2) is 0 Å². The summed E-state index contributed by atoms with van der Waals surface area (Å²) >= 11 is 0. The first kappa shape index (κ1) is 17.2. The Labute approximate surface area is 152 Å². The van der Waals surface area contributed by atoms with Crippen LogP contribution in [0.15, 0.2) is 66.4 Å². The average Bonchev–Trinajstić information content (AvgIpc) is 3.10. The molecule has 3 aromatic rings. The van der Waals surface area contributed by atoms with Crippen molar-refractivity contribution < 1.29 is 4.79 Å². The van der Waals surface area contributed by atoms with Crippen molar-refractivity contribution in [3.8, 4) is 23.0 Å². The van der Waals surface area contributed by atoms with E-state index in [4.69, 9.17) is 0 Å². The molecule has 0 saturated carbocycles. The molecule has 1 N–H and O–H groups in total. The summed E-state index contributed by atoms with van der Waals surface area (Å²) < 4.78 is 1.75. The fraction of sp³-hybridized carbons (Fsp3) is 0.0952. The number of carbonyl (C=O) groups excluding carboxylic acids is 1. The highest BCUT2D eigenvalue weighted by Crippen LogP contribution is 2.26. The summed E-state index contributed by atoms with van der Waals surface area (Å²) in [5.41, 5.74) is 4.43. The Morgan fingerprint density at radius 1 is 1.15 bits per heavy atom. The molecule has 0 aliphatic carbocycles. The zero-order valence-corrected chi connectivity index (χ0v) is 14.6. The van der Waals surface area contributed by atoms with Crippen molar-refractivity contribution in [1.29, 1.82) is 5.26 Å². The van der Waals surface area contributed by atoms with Crippen LogP contribution in [0, 0.1) is 18.3 Å². The summed E-state index contributed by atoms with van der Waals surface area (Å²) in [6, 6.07) is 19.6. The zero-order chi connectivity index (χ0) is 18.5. The minimum atomic E-state index is -0.421. The molecule has 26 heavy (non-hydrogen) atoms. The van der Waals surface area contributed by atoms with Gasteiger partial charge in [-0.1, -0.05) is 48.0 Å². The molecule has 128 valence electrons. The topological polar surface area (TPSA) is 70.7 Å². The van der Waals surface area contributed by atoms with Crippen LogP contribution in [0.1, 0.15) is 11.1 Å². The van der Waals surface area contributed by atoms with Crippen LogP contribution in [0.5, 0.6) is 0 Å². The van der Waals surface area contributed by atoms with E-state index in [1.165, 1.54) is 7.05 Å². The second-order valence-electron chi connectivity index (χ2n) is 5.83. The van der Waals surface area contributed by atoms with Crippen LogP contribution in [0.2, 0.25) is 0 Å². The van der Waals surface area contributed by atoms with E-state index >= 15 is 0 Å². The van der Waals surface area contributed by atoms with E-state index in [-0.39, 0.29) is 5.57 Å². The number of nitrogens with zero attached hydrogens (tertiary/aromatic N) is 3. The highest BCUT2D eigenvalue weighted by molar-refractivity contribution is 6.02. The maximum absolute atomic E-state index is 11.9. The van der Waals surface area contributed by atoms with E-state index in [0.717, 1.165) is 16.8 Å². The SMILES string of the molecule is CNC(=O)/C(C#N)=C/c1cn(-c2ccccc2)nc1-c1ccc(C)cc1. The van der Waals surface area contributed by atoms with Crippen molar-refractivity contribution in [3.05, 3.63) is 77.5 Å². The van der Waals surface area contributed by atoms with Crippen LogP contribution in [-0.2, 0) is 4.79 Å². The molecule has 0 aliphatic rings. The molecule has 5 nitrogen and oxygen atoms in total. The molecule has 2 aromatic carbocycles. The monoisotopic (exact) mass is 342 g/mol. The van der Waals surface area contributed by atoms with Crippen LogP contribution in [0.4, 0.5) is 0 Å². The maximum atomic E-state index is 11.9. The van der Waals surface area contributed by atoms with Gasteiger partial charge >= 0.3 is 0 Å². The average molecular weight is 342 g/mol. The lowest BCUT2D eigenvalue weighted by Gasteiger charge is -2.01. The lowest BCUT2D eigenvalue weighted by atomic mass is 10.0. The van der Waals surface area contributed by atoms with Crippen molar-refractivity contribution in [2.75, 3.05) is 7.05 Å². The number of likely N-dealkylation sites (N-methyl/N-ethyl adjacent to an activating group) is 1. The molecule has 0 radical (unpaired) electrons. The Morgan fingerprint density at radius 3 is 2.46 bits per heavy atom. The molecule has 0 spiro atoms. The van der Waals surface area contributed by atoms with Crippen molar-refractivity contribution in [3.63, 3.8) is 0 Å². The van der Waals surface area contributed by atoms with E-state index in [1.807, 2.05) is 73.8 Å². The largest absolute Gasteiger partial charge is 0.354 e. The van der Waals surface area contributed by atoms with Crippen molar-refractivity contribution in [2.24, 2.45) is 0 Å². The van der Waals surface area contributed by atoms with Crippen LogP contribution in [0.25, 0.3) is 23.0 Å². The third kappa shape index (κ3) is 3.55. The summed E-state index contributed by atoms with van der Waals surface area (Å²) in [5.74, 6) is -0.421. The highest BCUT2D eigenvalue weighted by Gasteiger charge is 2.14. The molecule has 1 amide bonds. The van der Waals surface area contributed by atoms with Crippen LogP contribution in [-0.4, -0.2) is 22.7 Å². The van der Waals surface area contributed by atoms with Crippen LogP contribution < -0.4 is 5.32 Å². The molecule has 3 rings (SSSR count). The number of aromatic nitrogens is 2. The fourth-order valence-electron chi connectivity index (χ4n) is 2.58. The van der Waals surface area contributed by atoms with E-state index in [9.17, 15) is 10.1 Å². The predicted octanol–water partition coefficient (Wildman–Crippen LogP) is 3.50. The first-order valence-electron chi connectivity index (χ1n) is 8.18. The van der Waals surface area contributed by atoms with Gasteiger partial charge in [-0.3, -0.25) is 4.79 Å². The van der Waals surface area contributed by atoms with Gasteiger partial charge in [0, 0.05) is 24.4 Å². The molecule has 0 saturated heterocycles. The van der Waals surface area contributed by atoms with Gasteiger partial charge in [0.1, 0.15) is 11.6 Å². The Morgan fingerprint density at radius 2 is 1.85 bits per heavy atom. The second kappa shape index (κ2) is 7.49. The van der Waals surface area contributed by atoms with Gasteiger partial charge in [0.2, 0.25) is 0 Å². The summed E-state index contributed by atoms with van der Waals surface area (Å²) in [5, 5.41) is 16.5. The summed E-state index contributed by atoms with van der Waals surface area (Å²) in [6.07, 6.45) is 3.39. The number of carbonyl (C=O) groups is 1. The molecule has 0 atom stereocenters. The number of amides is 1. The van der Waals surface area contributed by atoms with Gasteiger partial charge in [-0.25, -0.2) is 4.68 Å². The summed E-state index contributed by atoms with van der Waals surface area (Å²) in [4.78, 5) is 11.9. The smallest absolute Gasteiger partial charge is 0.261 e. The quantitative estimate of drug-likeness (QED) is 0.583. The molecule has 1 heterocycles. The van der Waals surface area contributed by atoms with E-state index < -0.39 is 5.91 Å². The lowest BCUT2D eigenvalue weighted by Crippen LogP contribution is -2.19. The number of nitrogens with one attached hydrogen (secondary N) is 1. The normalized spacial score (nSPS) is 11.0. The van der Waals surface area contributed by atoms with E-state index in [2.05, 4.69) is 10.4 Å². The van der Waals surface area contributed by atoms with Crippen LogP contribution in [0.3, 0.4) is 0 Å². The lowest BCUT2D eigenvalue weighted by molar-refractivity contribution is -0.116. The molecular formula is C21H18N4O. The predicted molar refractivity (Wildman–Crippen MR) is 101 cm³/mol. The molecule has 0 fully saturated rings. The summed E-state index contributed by atoms with van der Waals surface area (Å²) in [6.45, 7) is 2.02. The zero-order valence-electron chi connectivity index (χ0n) is 14.6. The Kier molecular flexibility index (Phi) is 4.95. The number of benzene rings is 2. The standard InChI is InChI=1S/C21H18N4O/c1-15-8-10-16(11-9-15)20-18(12-17(13-22)21(26)23-2)14-25(24-20)19-6-4-3-5-7-19/h3-12,14H,1-2H3,(H,23,26)/b17-12+. The van der Waals surface area contributed by atoms with Gasteiger partial charge in [0.05, 0.1) is 11.4 Å². The Bertz CT molecular complexity index is 993. The van der Waals surface area contributed by atoms with Gasteiger partial charge < -0.3 is 5.32 Å². The van der Waals surface area contributed by atoms with Gasteiger partial charge in [-0.2, -0.15) is 10.4 Å². The van der Waals surface area contributed by atoms with Crippen molar-refractivity contribution in [2.45, 2.75) is 6.92 Å². The number of hydrogen-bond donors (Lipinski definition) is 1. The first-order chi connectivity index (χ1) is 12.6. The molecular weight excluding hydrogens is 324 g/mol. The summed E-state index contributed by atoms with van der Waals surface area (Å²) in [7, 11) is 1.50. The van der Waals surface area contributed by atoms with Gasteiger partial charge in [-0.05, 0) is 25.1 Å². The van der Waals surface area contributed by atoms with Crippen molar-refractivity contribution >= 4 is 12.0 Å². The number of para-hydroxylation sites is 1. The highest BCUT2D eigenvalue weighted by atomic mass is 16.1.